The quantitative estimate of drug-likeness (QED) is 0.290. The molecule has 5 nitrogen and oxygen atoms in total. The van der Waals surface area contributed by atoms with E-state index >= 15 is 0 Å². The van der Waals surface area contributed by atoms with E-state index < -0.39 is 0 Å². The highest BCUT2D eigenvalue weighted by Crippen LogP contribution is 2.26. The van der Waals surface area contributed by atoms with Crippen molar-refractivity contribution in [3.8, 4) is 5.69 Å². The Balaban J connectivity index is 1.26. The number of amides is 1. The summed E-state index contributed by atoms with van der Waals surface area (Å²) in [5, 5.41) is 3.06. The molecule has 0 spiro atoms. The molecule has 5 rings (SSSR count). The maximum Gasteiger partial charge on any atom is 0.267 e. The third kappa shape index (κ3) is 4.89. The lowest BCUT2D eigenvalue weighted by atomic mass is 9.90. The molecule has 4 aromatic rings. The number of benzene rings is 2. The number of piperidine rings is 1. The van der Waals surface area contributed by atoms with Crippen LogP contribution in [0.25, 0.3) is 15.9 Å². The molecule has 1 aliphatic heterocycles. The minimum absolute atomic E-state index is 0.0934. The molecule has 0 N–H and O–H groups in total. The lowest BCUT2D eigenvalue weighted by Crippen LogP contribution is -2.40. The first-order valence-electron chi connectivity index (χ1n) is 11.2. The van der Waals surface area contributed by atoms with Crippen molar-refractivity contribution in [3.05, 3.63) is 88.0 Å². The first kappa shape index (κ1) is 21.9. The Morgan fingerprint density at radius 1 is 1.00 bits per heavy atom. The van der Waals surface area contributed by atoms with Gasteiger partial charge in [-0.05, 0) is 54.3 Å². The molecule has 0 radical (unpaired) electrons. The van der Waals surface area contributed by atoms with Gasteiger partial charge in [-0.25, -0.2) is 4.98 Å². The molecular weight excluding hydrogens is 450 g/mol. The summed E-state index contributed by atoms with van der Waals surface area (Å²) in [7, 11) is 0. The second kappa shape index (κ2) is 9.93. The summed E-state index contributed by atoms with van der Waals surface area (Å²) in [6, 6.07) is 21.9. The molecule has 0 atom stereocenters. The molecule has 1 amide bonds. The third-order valence-corrected chi connectivity index (χ3v) is 7.87. The van der Waals surface area contributed by atoms with Gasteiger partial charge in [0.05, 0.1) is 16.8 Å². The van der Waals surface area contributed by atoms with Crippen LogP contribution in [0.15, 0.2) is 82.1 Å². The van der Waals surface area contributed by atoms with E-state index in [0.717, 1.165) is 38.0 Å². The number of fused-ring (bicyclic) bond motifs is 1. The Morgan fingerprint density at radius 3 is 2.42 bits per heavy atom. The Hall–Kier alpha value is -2.90. The third-order valence-electron chi connectivity index (χ3n) is 6.14. The second-order valence-electron chi connectivity index (χ2n) is 8.31. The van der Waals surface area contributed by atoms with E-state index in [1.165, 1.54) is 28.7 Å². The van der Waals surface area contributed by atoms with E-state index in [-0.39, 0.29) is 17.2 Å². The average molecular weight is 476 g/mol. The van der Waals surface area contributed by atoms with Crippen molar-refractivity contribution in [1.82, 2.24) is 14.5 Å². The topological polar surface area (TPSA) is 55.2 Å². The van der Waals surface area contributed by atoms with Gasteiger partial charge < -0.3 is 4.90 Å². The molecule has 0 bridgehead atoms. The van der Waals surface area contributed by atoms with Crippen molar-refractivity contribution in [3.63, 3.8) is 0 Å². The van der Waals surface area contributed by atoms with Crippen LogP contribution in [0.2, 0.25) is 0 Å². The standard InChI is InChI=1S/C26H25N3O2S2/c30-23(28-14-11-20(12-15-28)17-19-7-3-1-4-8-19)18-33-26-27-24-22(13-16-32-24)25(31)29(26)21-9-5-2-6-10-21/h1-10,13,16,20H,11-12,14-15,17-18H2. The smallest absolute Gasteiger partial charge is 0.267 e. The van der Waals surface area contributed by atoms with E-state index in [0.29, 0.717) is 21.3 Å². The van der Waals surface area contributed by atoms with Crippen LogP contribution in [0.1, 0.15) is 18.4 Å². The van der Waals surface area contributed by atoms with Gasteiger partial charge in [-0.2, -0.15) is 0 Å². The first-order chi connectivity index (χ1) is 16.2. The second-order valence-corrected chi connectivity index (χ2v) is 10.1. The van der Waals surface area contributed by atoms with Gasteiger partial charge in [0.25, 0.3) is 5.56 Å². The minimum Gasteiger partial charge on any atom is -0.342 e. The van der Waals surface area contributed by atoms with Gasteiger partial charge in [-0.15, -0.1) is 11.3 Å². The monoisotopic (exact) mass is 475 g/mol. The van der Waals surface area contributed by atoms with E-state index in [2.05, 4.69) is 24.3 Å². The molecular formula is C26H25N3O2S2. The number of para-hydroxylation sites is 1. The fourth-order valence-corrected chi connectivity index (χ4v) is 6.07. The maximum absolute atomic E-state index is 13.2. The number of thioether (sulfide) groups is 1. The van der Waals surface area contributed by atoms with Gasteiger partial charge in [0.15, 0.2) is 5.16 Å². The van der Waals surface area contributed by atoms with E-state index in [4.69, 9.17) is 4.98 Å². The highest BCUT2D eigenvalue weighted by atomic mass is 32.2. The van der Waals surface area contributed by atoms with Gasteiger partial charge in [0.1, 0.15) is 4.83 Å². The van der Waals surface area contributed by atoms with Crippen LogP contribution < -0.4 is 5.56 Å². The van der Waals surface area contributed by atoms with Crippen LogP contribution in [-0.2, 0) is 11.2 Å². The number of likely N-dealkylation sites (tertiary alicyclic amines) is 1. The van der Waals surface area contributed by atoms with Crippen LogP contribution in [0, 0.1) is 5.92 Å². The van der Waals surface area contributed by atoms with Crippen molar-refractivity contribution in [2.24, 2.45) is 5.92 Å². The van der Waals surface area contributed by atoms with Crippen LogP contribution >= 0.6 is 23.1 Å². The number of carbonyl (C=O) groups excluding carboxylic acids is 1. The maximum atomic E-state index is 13.2. The van der Waals surface area contributed by atoms with Gasteiger partial charge in [-0.3, -0.25) is 14.2 Å². The molecule has 2 aromatic carbocycles. The molecule has 1 fully saturated rings. The number of rotatable bonds is 6. The Labute approximate surface area is 201 Å². The summed E-state index contributed by atoms with van der Waals surface area (Å²) < 4.78 is 1.62. The molecule has 1 aliphatic rings. The minimum atomic E-state index is -0.0934. The highest BCUT2D eigenvalue weighted by Gasteiger charge is 2.24. The lowest BCUT2D eigenvalue weighted by Gasteiger charge is -2.32. The number of hydrogen-bond donors (Lipinski definition) is 0. The molecule has 2 aromatic heterocycles. The van der Waals surface area contributed by atoms with Crippen LogP contribution in [0.4, 0.5) is 0 Å². The van der Waals surface area contributed by atoms with E-state index in [1.807, 2.05) is 52.7 Å². The van der Waals surface area contributed by atoms with E-state index in [1.54, 1.807) is 4.57 Å². The molecule has 0 saturated carbocycles. The summed E-state index contributed by atoms with van der Waals surface area (Å²) in [6.45, 7) is 1.58. The van der Waals surface area contributed by atoms with Crippen molar-refractivity contribution in [1.29, 1.82) is 0 Å². The average Bonchev–Trinajstić information content (AvgIpc) is 3.33. The Kier molecular flexibility index (Phi) is 6.60. The Morgan fingerprint density at radius 2 is 1.70 bits per heavy atom. The van der Waals surface area contributed by atoms with Crippen molar-refractivity contribution in [2.45, 2.75) is 24.4 Å². The zero-order chi connectivity index (χ0) is 22.6. The first-order valence-corrected chi connectivity index (χ1v) is 13.1. The van der Waals surface area contributed by atoms with Gasteiger partial charge in [-0.1, -0.05) is 60.3 Å². The van der Waals surface area contributed by atoms with Crippen molar-refractivity contribution < 1.29 is 4.79 Å². The number of thiophene rings is 1. The molecule has 33 heavy (non-hydrogen) atoms. The lowest BCUT2D eigenvalue weighted by molar-refractivity contribution is -0.129. The molecule has 3 heterocycles. The predicted molar refractivity (Wildman–Crippen MR) is 135 cm³/mol. The summed E-state index contributed by atoms with van der Waals surface area (Å²) in [4.78, 5) is 33.5. The summed E-state index contributed by atoms with van der Waals surface area (Å²) in [6.07, 6.45) is 3.13. The van der Waals surface area contributed by atoms with E-state index in [9.17, 15) is 9.59 Å². The molecule has 0 aliphatic carbocycles. The van der Waals surface area contributed by atoms with Crippen LogP contribution in [-0.4, -0.2) is 39.2 Å². The van der Waals surface area contributed by atoms with Gasteiger partial charge in [0, 0.05) is 13.1 Å². The molecule has 168 valence electrons. The van der Waals surface area contributed by atoms with Crippen LogP contribution in [0.3, 0.4) is 0 Å². The number of carbonyl (C=O) groups is 1. The van der Waals surface area contributed by atoms with Crippen LogP contribution in [0.5, 0.6) is 0 Å². The SMILES string of the molecule is O=C(CSc1nc2sccc2c(=O)n1-c1ccccc1)N1CCC(Cc2ccccc2)CC1. The fraction of sp³-hybridized carbons (Fsp3) is 0.269. The molecule has 1 saturated heterocycles. The fourth-order valence-electron chi connectivity index (χ4n) is 4.35. The predicted octanol–water partition coefficient (Wildman–Crippen LogP) is 5.02. The molecule has 0 unspecified atom stereocenters. The summed E-state index contributed by atoms with van der Waals surface area (Å²) >= 11 is 2.80. The number of aromatic nitrogens is 2. The van der Waals surface area contributed by atoms with Gasteiger partial charge in [0.2, 0.25) is 5.91 Å². The highest BCUT2D eigenvalue weighted by molar-refractivity contribution is 7.99. The molecule has 7 heteroatoms. The number of nitrogens with zero attached hydrogens (tertiary/aromatic N) is 3. The van der Waals surface area contributed by atoms with Crippen molar-refractivity contribution >= 4 is 39.2 Å². The summed E-state index contributed by atoms with van der Waals surface area (Å²) in [5.74, 6) is 1.01. The summed E-state index contributed by atoms with van der Waals surface area (Å²) in [5.41, 5.74) is 2.04. The van der Waals surface area contributed by atoms with Crippen molar-refractivity contribution in [2.75, 3.05) is 18.8 Å². The number of hydrogen-bond acceptors (Lipinski definition) is 5. The Bertz CT molecular complexity index is 1290. The zero-order valence-electron chi connectivity index (χ0n) is 18.2. The largest absolute Gasteiger partial charge is 0.342 e. The zero-order valence-corrected chi connectivity index (χ0v) is 19.9. The normalized spacial score (nSPS) is 14.6. The van der Waals surface area contributed by atoms with Gasteiger partial charge >= 0.3 is 0 Å².